The third kappa shape index (κ3) is 4.46. The molecule has 2 aromatic rings. The van der Waals surface area contributed by atoms with E-state index in [1.165, 1.54) is 12.1 Å². The second-order valence-corrected chi connectivity index (χ2v) is 7.96. The Morgan fingerprint density at radius 2 is 1.80 bits per heavy atom. The van der Waals surface area contributed by atoms with Gasteiger partial charge in [-0.05, 0) is 31.2 Å². The largest absolute Gasteiger partial charge is 0.399 e. The number of benzene rings is 2. The van der Waals surface area contributed by atoms with Crippen molar-refractivity contribution in [1.29, 1.82) is 0 Å². The van der Waals surface area contributed by atoms with Crippen LogP contribution in [0.5, 0.6) is 0 Å². The molecule has 0 amide bonds. The topological polar surface area (TPSA) is 60.8 Å². The van der Waals surface area contributed by atoms with Gasteiger partial charge in [-0.2, -0.15) is 8.78 Å². The number of rotatable bonds is 6. The van der Waals surface area contributed by atoms with Gasteiger partial charge in [0.1, 0.15) is 0 Å². The van der Waals surface area contributed by atoms with Crippen LogP contribution in [0.2, 0.25) is 5.02 Å². The van der Waals surface area contributed by atoms with Crippen LogP contribution >= 0.6 is 19.2 Å². The minimum Gasteiger partial charge on any atom is -0.320 e. The van der Waals surface area contributed by atoms with E-state index < -0.39 is 18.8 Å². The molecular formula is C17H19ClF2NO3P. The summed E-state index contributed by atoms with van der Waals surface area (Å²) in [5, 5.41) is -0.369. The molecule has 0 aliphatic heterocycles. The normalized spacial score (nSPS) is 13.9. The summed E-state index contributed by atoms with van der Waals surface area (Å²) in [4.78, 5) is 19.7. The van der Waals surface area contributed by atoms with Crippen molar-refractivity contribution in [2.75, 3.05) is 7.05 Å². The van der Waals surface area contributed by atoms with Gasteiger partial charge in [-0.3, -0.25) is 9.46 Å². The van der Waals surface area contributed by atoms with Gasteiger partial charge in [-0.15, -0.1) is 0 Å². The van der Waals surface area contributed by atoms with Crippen molar-refractivity contribution in [3.63, 3.8) is 0 Å². The van der Waals surface area contributed by atoms with Crippen LogP contribution in [0.4, 0.5) is 8.78 Å². The lowest BCUT2D eigenvalue weighted by Gasteiger charge is -2.26. The van der Waals surface area contributed by atoms with Crippen molar-refractivity contribution in [2.24, 2.45) is 0 Å². The molecule has 0 heterocycles. The zero-order chi connectivity index (χ0) is 18.8. The molecule has 25 heavy (non-hydrogen) atoms. The van der Waals surface area contributed by atoms with Crippen molar-refractivity contribution in [2.45, 2.75) is 25.2 Å². The minimum atomic E-state index is -5.64. The van der Waals surface area contributed by atoms with E-state index in [1.807, 2.05) is 49.2 Å². The number of alkyl halides is 2. The van der Waals surface area contributed by atoms with E-state index in [0.717, 1.165) is 11.6 Å². The van der Waals surface area contributed by atoms with Gasteiger partial charge < -0.3 is 9.79 Å². The highest BCUT2D eigenvalue weighted by atomic mass is 35.5. The molecule has 2 N–H and O–H groups in total. The highest BCUT2D eigenvalue weighted by Crippen LogP contribution is 2.60. The third-order valence-corrected chi connectivity index (χ3v) is 5.38. The van der Waals surface area contributed by atoms with Gasteiger partial charge in [0.05, 0.1) is 10.6 Å². The standard InChI is InChI=1S/C17H19ClF2NO3P/c1-12(14-6-4-3-5-7-14)21(2)11-13-8-9-15(16(18)10-13)17(19,20)25(22,23)24/h3-10,12H,11H2,1-2H3,(H2,22,23,24). The molecule has 0 saturated carbocycles. The zero-order valence-electron chi connectivity index (χ0n) is 13.7. The van der Waals surface area contributed by atoms with Crippen molar-refractivity contribution < 1.29 is 23.1 Å². The smallest absolute Gasteiger partial charge is 0.320 e. The van der Waals surface area contributed by atoms with Crippen LogP contribution in [-0.4, -0.2) is 21.7 Å². The first-order valence-electron chi connectivity index (χ1n) is 7.51. The summed E-state index contributed by atoms with van der Waals surface area (Å²) in [5.41, 5.74) is -3.41. The molecule has 0 aromatic heterocycles. The van der Waals surface area contributed by atoms with Crippen molar-refractivity contribution in [3.8, 4) is 0 Å². The maximum absolute atomic E-state index is 13.8. The third-order valence-electron chi connectivity index (χ3n) is 4.10. The Balaban J connectivity index is 2.20. The van der Waals surface area contributed by atoms with Gasteiger partial charge in [0.15, 0.2) is 0 Å². The molecule has 0 fully saturated rings. The Morgan fingerprint density at radius 3 is 2.32 bits per heavy atom. The first-order valence-corrected chi connectivity index (χ1v) is 9.50. The fraction of sp³-hybridized carbons (Fsp3) is 0.294. The molecule has 1 atom stereocenters. The van der Waals surface area contributed by atoms with E-state index >= 15 is 0 Å². The fourth-order valence-electron chi connectivity index (χ4n) is 2.47. The molecule has 0 aliphatic carbocycles. The minimum absolute atomic E-state index is 0.0937. The lowest BCUT2D eigenvalue weighted by atomic mass is 10.1. The Labute approximate surface area is 150 Å². The van der Waals surface area contributed by atoms with E-state index in [9.17, 15) is 13.3 Å². The van der Waals surface area contributed by atoms with Crippen molar-refractivity contribution in [3.05, 3.63) is 70.2 Å². The molecule has 0 saturated heterocycles. The second kappa shape index (κ2) is 7.52. The monoisotopic (exact) mass is 389 g/mol. The van der Waals surface area contributed by atoms with Crippen molar-refractivity contribution >= 4 is 19.2 Å². The molecule has 0 aliphatic rings. The summed E-state index contributed by atoms with van der Waals surface area (Å²) < 4.78 is 38.6. The molecule has 136 valence electrons. The molecule has 0 radical (unpaired) electrons. The summed E-state index contributed by atoms with van der Waals surface area (Å²) in [6, 6.07) is 13.6. The van der Waals surface area contributed by atoms with Crippen LogP contribution in [0.1, 0.15) is 29.7 Å². The fourth-order valence-corrected chi connectivity index (χ4v) is 3.37. The Kier molecular flexibility index (Phi) is 6.02. The van der Waals surface area contributed by atoms with Crippen LogP contribution in [-0.2, 0) is 16.8 Å². The average molecular weight is 390 g/mol. The molecule has 8 heteroatoms. The first kappa shape index (κ1) is 20.0. The molecule has 2 aromatic carbocycles. The molecule has 4 nitrogen and oxygen atoms in total. The van der Waals surface area contributed by atoms with Crippen LogP contribution in [0, 0.1) is 0 Å². The first-order chi connectivity index (χ1) is 11.5. The van der Waals surface area contributed by atoms with Gasteiger partial charge in [-0.1, -0.05) is 54.1 Å². The zero-order valence-corrected chi connectivity index (χ0v) is 15.4. The summed E-state index contributed by atoms with van der Waals surface area (Å²) >= 11 is 5.86. The highest BCUT2D eigenvalue weighted by Gasteiger charge is 2.51. The Morgan fingerprint density at radius 1 is 1.20 bits per heavy atom. The summed E-state index contributed by atoms with van der Waals surface area (Å²) in [7, 11) is -3.75. The van der Waals surface area contributed by atoms with Crippen LogP contribution in [0.25, 0.3) is 0 Å². The van der Waals surface area contributed by atoms with Crippen LogP contribution in [0.15, 0.2) is 48.5 Å². The lowest BCUT2D eigenvalue weighted by Crippen LogP contribution is -2.22. The van der Waals surface area contributed by atoms with Gasteiger partial charge in [0.25, 0.3) is 0 Å². The van der Waals surface area contributed by atoms with E-state index in [0.29, 0.717) is 12.1 Å². The molecule has 2 rings (SSSR count). The van der Waals surface area contributed by atoms with Gasteiger partial charge in [0, 0.05) is 12.6 Å². The van der Waals surface area contributed by atoms with Gasteiger partial charge in [0.2, 0.25) is 0 Å². The van der Waals surface area contributed by atoms with Crippen molar-refractivity contribution in [1.82, 2.24) is 4.90 Å². The number of hydrogen-bond acceptors (Lipinski definition) is 2. The van der Waals surface area contributed by atoms with E-state index in [-0.39, 0.29) is 11.1 Å². The predicted octanol–water partition coefficient (Wildman–Crippen LogP) is 4.76. The van der Waals surface area contributed by atoms with Crippen LogP contribution in [0.3, 0.4) is 0 Å². The van der Waals surface area contributed by atoms with Gasteiger partial charge >= 0.3 is 13.3 Å². The molecular weight excluding hydrogens is 371 g/mol. The average Bonchev–Trinajstić information content (AvgIpc) is 2.53. The second-order valence-electron chi connectivity index (χ2n) is 5.90. The summed E-state index contributed by atoms with van der Waals surface area (Å²) in [6.45, 7) is 2.46. The Bertz CT molecular complexity index is 783. The number of nitrogens with zero attached hydrogens (tertiary/aromatic N) is 1. The maximum Gasteiger partial charge on any atom is 0.399 e. The number of hydrogen-bond donors (Lipinski definition) is 2. The van der Waals surface area contributed by atoms with E-state index in [1.54, 1.807) is 0 Å². The van der Waals surface area contributed by atoms with Gasteiger partial charge in [-0.25, -0.2) is 0 Å². The highest BCUT2D eigenvalue weighted by molar-refractivity contribution is 7.52. The summed E-state index contributed by atoms with van der Waals surface area (Å²) in [5.74, 6) is 0. The molecule has 0 bridgehead atoms. The quantitative estimate of drug-likeness (QED) is 0.699. The molecule has 0 spiro atoms. The van der Waals surface area contributed by atoms with E-state index in [4.69, 9.17) is 21.4 Å². The maximum atomic E-state index is 13.8. The Hall–Kier alpha value is -1.30. The summed E-state index contributed by atoms with van der Waals surface area (Å²) in [6.07, 6.45) is 0. The lowest BCUT2D eigenvalue weighted by molar-refractivity contribution is 0.0565. The van der Waals surface area contributed by atoms with E-state index in [2.05, 4.69) is 0 Å². The van der Waals surface area contributed by atoms with Crippen LogP contribution < -0.4 is 0 Å². The SMILES string of the molecule is CC(c1ccccc1)N(C)Cc1ccc(C(F)(F)P(=O)(O)O)c(Cl)c1. The molecule has 1 unspecified atom stereocenters. The predicted molar refractivity (Wildman–Crippen MR) is 93.7 cm³/mol. The number of halogens is 3.